The number of nitrogens with zero attached hydrogens (tertiary/aromatic N) is 4. The van der Waals surface area contributed by atoms with Gasteiger partial charge in [-0.15, -0.1) is 0 Å². The Morgan fingerprint density at radius 1 is 1.22 bits per heavy atom. The third-order valence-electron chi connectivity index (χ3n) is 6.45. The van der Waals surface area contributed by atoms with Crippen molar-refractivity contribution >= 4 is 28.5 Å². The van der Waals surface area contributed by atoms with E-state index in [-0.39, 0.29) is 12.7 Å². The highest BCUT2D eigenvalue weighted by Crippen LogP contribution is 2.35. The summed E-state index contributed by atoms with van der Waals surface area (Å²) in [5.41, 5.74) is 5.26. The molecule has 2 aromatic heterocycles. The predicted octanol–water partition coefficient (Wildman–Crippen LogP) is 3.15. The number of hydrogen-bond acceptors (Lipinski definition) is 9. The van der Waals surface area contributed by atoms with Gasteiger partial charge in [0.15, 0.2) is 11.5 Å². The third kappa shape index (κ3) is 4.25. The number of aromatic nitrogens is 3. The van der Waals surface area contributed by atoms with Crippen molar-refractivity contribution in [1.29, 1.82) is 0 Å². The summed E-state index contributed by atoms with van der Waals surface area (Å²) < 4.78 is 19.0. The largest absolute Gasteiger partial charge is 0.495 e. The summed E-state index contributed by atoms with van der Waals surface area (Å²) in [5, 5.41) is 16.3. The summed E-state index contributed by atoms with van der Waals surface area (Å²) in [4.78, 5) is 11.6. The molecule has 0 radical (unpaired) electrons. The van der Waals surface area contributed by atoms with Crippen LogP contribution in [0.3, 0.4) is 0 Å². The number of aliphatic hydroxyl groups excluding tert-OH is 1. The Morgan fingerprint density at radius 3 is 3.06 bits per heavy atom. The van der Waals surface area contributed by atoms with Gasteiger partial charge >= 0.3 is 0 Å². The highest BCUT2D eigenvalue weighted by molar-refractivity contribution is 5.77. The van der Waals surface area contributed by atoms with E-state index < -0.39 is 0 Å². The van der Waals surface area contributed by atoms with E-state index in [9.17, 15) is 5.11 Å². The van der Waals surface area contributed by atoms with E-state index in [0.717, 1.165) is 58.6 Å². The second kappa shape index (κ2) is 9.56. The number of nitrogens with one attached hydrogen (secondary N) is 2. The molecule has 2 aromatic carbocycles. The van der Waals surface area contributed by atoms with E-state index in [1.807, 2.05) is 47.1 Å². The average molecular weight is 489 g/mol. The lowest BCUT2D eigenvalue weighted by Gasteiger charge is -2.34. The van der Waals surface area contributed by atoms with Crippen molar-refractivity contribution in [3.8, 4) is 22.8 Å². The molecule has 186 valence electrons. The molecule has 0 amide bonds. The first-order valence-corrected chi connectivity index (χ1v) is 12.0. The van der Waals surface area contributed by atoms with Crippen LogP contribution >= 0.6 is 0 Å². The molecule has 0 spiro atoms. The topological polar surface area (TPSA) is 105 Å². The van der Waals surface area contributed by atoms with Crippen molar-refractivity contribution in [2.75, 3.05) is 62.1 Å². The Kier molecular flexibility index (Phi) is 5.96. The highest BCUT2D eigenvalue weighted by atomic mass is 16.5. The Bertz CT molecular complexity index is 1390. The summed E-state index contributed by atoms with van der Waals surface area (Å²) in [6, 6.07) is 12.0. The molecule has 1 fully saturated rings. The van der Waals surface area contributed by atoms with Crippen LogP contribution in [0.2, 0.25) is 0 Å². The van der Waals surface area contributed by atoms with Crippen LogP contribution < -0.4 is 25.0 Å². The number of benzene rings is 2. The van der Waals surface area contributed by atoms with Gasteiger partial charge in [-0.3, -0.25) is 0 Å². The van der Waals surface area contributed by atoms with Gasteiger partial charge < -0.3 is 39.3 Å². The van der Waals surface area contributed by atoms with Crippen LogP contribution in [0.25, 0.3) is 16.9 Å². The molecule has 0 bridgehead atoms. The second-order valence-corrected chi connectivity index (χ2v) is 8.75. The SMILES string of the molecule is COc1cc(Nc2nc(-c3ccc4c(c3)NCCO4)cn3ccnc23)ccc1N1CCOC(CO)C1. The first kappa shape index (κ1) is 22.4. The van der Waals surface area contributed by atoms with Crippen LogP contribution in [0.4, 0.5) is 22.9 Å². The molecule has 6 rings (SSSR count). The van der Waals surface area contributed by atoms with E-state index >= 15 is 0 Å². The molecule has 0 aliphatic carbocycles. The van der Waals surface area contributed by atoms with Gasteiger partial charge in [-0.1, -0.05) is 0 Å². The number of rotatable bonds is 6. The molecule has 4 aromatic rings. The minimum atomic E-state index is -0.202. The van der Waals surface area contributed by atoms with Gasteiger partial charge in [0.2, 0.25) is 0 Å². The fraction of sp³-hybridized carbons (Fsp3) is 0.308. The molecular formula is C26H28N6O4. The number of methoxy groups -OCH3 is 1. The number of imidazole rings is 1. The van der Waals surface area contributed by atoms with Gasteiger partial charge in [-0.2, -0.15) is 0 Å². The summed E-state index contributed by atoms with van der Waals surface area (Å²) in [5.74, 6) is 2.22. The van der Waals surface area contributed by atoms with Gasteiger partial charge in [-0.25, -0.2) is 9.97 Å². The third-order valence-corrected chi connectivity index (χ3v) is 6.45. The Hall–Kier alpha value is -4.02. The van der Waals surface area contributed by atoms with Crippen molar-refractivity contribution in [2.24, 2.45) is 0 Å². The average Bonchev–Trinajstić information content (AvgIpc) is 3.42. The number of morpholine rings is 1. The van der Waals surface area contributed by atoms with Gasteiger partial charge in [0.05, 0.1) is 43.5 Å². The molecule has 1 saturated heterocycles. The zero-order valence-electron chi connectivity index (χ0n) is 20.0. The molecular weight excluding hydrogens is 460 g/mol. The van der Waals surface area contributed by atoms with Crippen LogP contribution in [-0.4, -0.2) is 72.1 Å². The van der Waals surface area contributed by atoms with Crippen molar-refractivity contribution in [3.05, 3.63) is 55.0 Å². The van der Waals surface area contributed by atoms with E-state index in [1.54, 1.807) is 13.3 Å². The summed E-state index contributed by atoms with van der Waals surface area (Å²) in [6.45, 7) is 3.34. The molecule has 1 unspecified atom stereocenters. The molecule has 4 heterocycles. The maximum Gasteiger partial charge on any atom is 0.180 e. The zero-order chi connectivity index (χ0) is 24.5. The van der Waals surface area contributed by atoms with E-state index in [2.05, 4.69) is 26.6 Å². The van der Waals surface area contributed by atoms with E-state index in [1.165, 1.54) is 0 Å². The van der Waals surface area contributed by atoms with Crippen LogP contribution in [0, 0.1) is 0 Å². The zero-order valence-corrected chi connectivity index (χ0v) is 20.0. The lowest BCUT2D eigenvalue weighted by molar-refractivity contribution is 0.00347. The lowest BCUT2D eigenvalue weighted by atomic mass is 10.1. The highest BCUT2D eigenvalue weighted by Gasteiger charge is 2.23. The normalized spacial score (nSPS) is 17.3. The van der Waals surface area contributed by atoms with Crippen molar-refractivity contribution < 1.29 is 19.3 Å². The quantitative estimate of drug-likeness (QED) is 0.377. The molecule has 2 aliphatic rings. The Morgan fingerprint density at radius 2 is 2.17 bits per heavy atom. The maximum absolute atomic E-state index is 9.50. The predicted molar refractivity (Wildman–Crippen MR) is 138 cm³/mol. The lowest BCUT2D eigenvalue weighted by Crippen LogP contribution is -2.44. The van der Waals surface area contributed by atoms with Crippen LogP contribution in [0.15, 0.2) is 55.0 Å². The first-order valence-electron chi connectivity index (χ1n) is 12.0. The number of anilines is 4. The molecule has 36 heavy (non-hydrogen) atoms. The maximum atomic E-state index is 9.50. The minimum absolute atomic E-state index is 0.00587. The number of fused-ring (bicyclic) bond motifs is 2. The molecule has 10 nitrogen and oxygen atoms in total. The smallest absolute Gasteiger partial charge is 0.180 e. The van der Waals surface area contributed by atoms with Gasteiger partial charge in [0, 0.05) is 55.5 Å². The van der Waals surface area contributed by atoms with Crippen LogP contribution in [0.1, 0.15) is 0 Å². The fourth-order valence-corrected chi connectivity index (χ4v) is 4.66. The van der Waals surface area contributed by atoms with Gasteiger partial charge in [-0.05, 0) is 30.3 Å². The Balaban J connectivity index is 1.32. The van der Waals surface area contributed by atoms with Crippen LogP contribution in [-0.2, 0) is 4.74 Å². The van der Waals surface area contributed by atoms with E-state index in [0.29, 0.717) is 25.6 Å². The second-order valence-electron chi connectivity index (χ2n) is 8.75. The number of hydrogen-bond donors (Lipinski definition) is 3. The molecule has 1 atom stereocenters. The number of ether oxygens (including phenoxy) is 3. The van der Waals surface area contributed by atoms with Crippen molar-refractivity contribution in [3.63, 3.8) is 0 Å². The summed E-state index contributed by atoms with van der Waals surface area (Å²) in [7, 11) is 1.66. The van der Waals surface area contributed by atoms with Gasteiger partial charge in [0.25, 0.3) is 0 Å². The van der Waals surface area contributed by atoms with Crippen molar-refractivity contribution in [2.45, 2.75) is 6.10 Å². The van der Waals surface area contributed by atoms with Crippen LogP contribution in [0.5, 0.6) is 11.5 Å². The molecule has 0 saturated carbocycles. The Labute approximate surface area is 208 Å². The van der Waals surface area contributed by atoms with Crippen molar-refractivity contribution in [1.82, 2.24) is 14.4 Å². The molecule has 10 heteroatoms. The van der Waals surface area contributed by atoms with E-state index in [4.69, 9.17) is 19.2 Å². The first-order chi connectivity index (χ1) is 17.7. The molecule has 3 N–H and O–H groups in total. The minimum Gasteiger partial charge on any atom is -0.495 e. The van der Waals surface area contributed by atoms with Gasteiger partial charge in [0.1, 0.15) is 18.1 Å². The molecule has 2 aliphatic heterocycles. The fourth-order valence-electron chi connectivity index (χ4n) is 4.66. The summed E-state index contributed by atoms with van der Waals surface area (Å²) >= 11 is 0. The monoisotopic (exact) mass is 488 g/mol. The number of aliphatic hydroxyl groups is 1. The summed E-state index contributed by atoms with van der Waals surface area (Å²) in [6.07, 6.45) is 5.43. The standard InChI is InChI=1S/C26H28N6O4/c1-34-24-13-18(3-4-22(24)31-9-11-35-19(14-31)16-33)29-25-26-28-6-8-32(26)15-21(30-25)17-2-5-23-20(12-17)27-7-10-36-23/h2-6,8,12-13,15,19,27,33H,7,9-11,14,16H2,1H3,(H,29,30).